The van der Waals surface area contributed by atoms with Gasteiger partial charge in [0.25, 0.3) is 0 Å². The predicted molar refractivity (Wildman–Crippen MR) is 174 cm³/mol. The molecule has 240 valence electrons. The van der Waals surface area contributed by atoms with Crippen molar-refractivity contribution in [1.29, 1.82) is 0 Å². The molecule has 6 heteroatoms. The topological polar surface area (TPSA) is 102 Å². The number of hydrogen-bond acceptors (Lipinski definition) is 5. The number of nitrogens with two attached hydrogens (primary N) is 1. The van der Waals surface area contributed by atoms with Crippen molar-refractivity contribution in [2.24, 2.45) is 58.0 Å². The molecule has 3 N–H and O–H groups in total. The van der Waals surface area contributed by atoms with Crippen molar-refractivity contribution in [1.82, 2.24) is 4.98 Å². The highest BCUT2D eigenvalue weighted by Gasteiger charge is 2.61. The van der Waals surface area contributed by atoms with E-state index in [1.54, 1.807) is 0 Å². The summed E-state index contributed by atoms with van der Waals surface area (Å²) in [4.78, 5) is 42.6. The molecule has 10 atom stereocenters. The van der Waals surface area contributed by atoms with Gasteiger partial charge in [-0.25, -0.2) is 0 Å². The van der Waals surface area contributed by atoms with E-state index < -0.39 is 12.0 Å². The summed E-state index contributed by atoms with van der Waals surface area (Å²) in [6, 6.07) is 7.37. The van der Waals surface area contributed by atoms with Gasteiger partial charge in [0.05, 0.1) is 12.0 Å². The highest BCUT2D eigenvalue weighted by molar-refractivity contribution is 5.90. The Morgan fingerprint density at radius 1 is 0.977 bits per heavy atom. The van der Waals surface area contributed by atoms with Gasteiger partial charge in [0.15, 0.2) is 5.78 Å². The Hall–Kier alpha value is -2.47. The van der Waals surface area contributed by atoms with E-state index in [0.717, 1.165) is 48.1 Å². The summed E-state index contributed by atoms with van der Waals surface area (Å²) in [5.74, 6) is 2.53. The van der Waals surface area contributed by atoms with Gasteiger partial charge in [-0.3, -0.25) is 14.4 Å². The van der Waals surface area contributed by atoms with Crippen molar-refractivity contribution in [2.75, 3.05) is 0 Å². The molecule has 1 aromatic heterocycles. The van der Waals surface area contributed by atoms with E-state index in [4.69, 9.17) is 10.5 Å². The van der Waals surface area contributed by atoms with Gasteiger partial charge < -0.3 is 15.5 Å². The van der Waals surface area contributed by atoms with Crippen LogP contribution in [0.3, 0.4) is 0 Å². The SMILES string of the molecule is CC(=O)[C@H]1CCC2[C@@H]3CCC4CC(OC(=O)C(CC(=O)C(N)Cc5c[nH]c6ccccc56)C(C)C)CC[C@]4(C)C3CC[C@@]21C. The summed E-state index contributed by atoms with van der Waals surface area (Å²) in [6.07, 6.45) is 12.5. The van der Waals surface area contributed by atoms with Crippen LogP contribution in [0.25, 0.3) is 10.9 Å². The molecule has 0 spiro atoms. The van der Waals surface area contributed by atoms with Crippen molar-refractivity contribution in [3.05, 3.63) is 36.0 Å². The van der Waals surface area contributed by atoms with Gasteiger partial charge in [0, 0.05) is 29.4 Å². The fourth-order valence-corrected chi connectivity index (χ4v) is 10.9. The Labute approximate surface area is 263 Å². The van der Waals surface area contributed by atoms with Gasteiger partial charge in [-0.05, 0) is 123 Å². The third-order valence-corrected chi connectivity index (χ3v) is 13.4. The van der Waals surface area contributed by atoms with E-state index in [2.05, 4.69) is 18.8 Å². The van der Waals surface area contributed by atoms with Crippen LogP contribution in [0, 0.1) is 52.3 Å². The first-order valence-electron chi connectivity index (χ1n) is 17.5. The lowest BCUT2D eigenvalue weighted by Crippen LogP contribution is -2.54. The second-order valence-corrected chi connectivity index (χ2v) is 16.0. The van der Waals surface area contributed by atoms with Gasteiger partial charge in [-0.1, -0.05) is 45.9 Å². The van der Waals surface area contributed by atoms with E-state index >= 15 is 0 Å². The van der Waals surface area contributed by atoms with Gasteiger partial charge in [-0.2, -0.15) is 0 Å². The second-order valence-electron chi connectivity index (χ2n) is 16.0. The number of fused-ring (bicyclic) bond motifs is 6. The van der Waals surface area contributed by atoms with Crippen LogP contribution in [0.15, 0.2) is 30.5 Å². The molecule has 1 heterocycles. The molecule has 4 aliphatic carbocycles. The maximum Gasteiger partial charge on any atom is 0.309 e. The number of rotatable bonds is 9. The number of benzene rings is 1. The number of aromatic nitrogens is 1. The fourth-order valence-electron chi connectivity index (χ4n) is 10.9. The molecule has 0 bridgehead atoms. The first kappa shape index (κ1) is 31.5. The molecule has 6 nitrogen and oxygen atoms in total. The molecule has 1 aromatic carbocycles. The average Bonchev–Trinajstić information content (AvgIpc) is 3.56. The minimum absolute atomic E-state index is 0.00202. The average molecular weight is 603 g/mol. The Balaban J connectivity index is 1.06. The quantitative estimate of drug-likeness (QED) is 0.291. The zero-order valence-corrected chi connectivity index (χ0v) is 27.6. The first-order chi connectivity index (χ1) is 20.9. The Morgan fingerprint density at radius 2 is 1.70 bits per heavy atom. The number of H-pyrrole nitrogens is 1. The van der Waals surface area contributed by atoms with Crippen LogP contribution in [-0.2, 0) is 25.5 Å². The van der Waals surface area contributed by atoms with Crippen LogP contribution in [0.4, 0.5) is 0 Å². The molecule has 4 aliphatic rings. The molecule has 44 heavy (non-hydrogen) atoms. The van der Waals surface area contributed by atoms with Gasteiger partial charge in [0.2, 0.25) is 0 Å². The summed E-state index contributed by atoms with van der Waals surface area (Å²) in [7, 11) is 0. The van der Waals surface area contributed by atoms with Crippen LogP contribution in [0.1, 0.15) is 104 Å². The summed E-state index contributed by atoms with van der Waals surface area (Å²) in [6.45, 7) is 10.8. The Bertz CT molecular complexity index is 1400. The number of ether oxygens (including phenoxy) is 1. The fraction of sp³-hybridized carbons (Fsp3) is 0.711. The van der Waals surface area contributed by atoms with Crippen LogP contribution < -0.4 is 5.73 Å². The molecule has 6 rings (SSSR count). The number of aromatic amines is 1. The number of nitrogens with one attached hydrogen (secondary N) is 1. The van der Waals surface area contributed by atoms with Crippen LogP contribution in [0.2, 0.25) is 0 Å². The molecule has 0 saturated heterocycles. The van der Waals surface area contributed by atoms with E-state index in [1.807, 2.05) is 51.2 Å². The van der Waals surface area contributed by atoms with Crippen LogP contribution in [-0.4, -0.2) is 34.7 Å². The lowest BCUT2D eigenvalue weighted by atomic mass is 9.44. The summed E-state index contributed by atoms with van der Waals surface area (Å²) < 4.78 is 6.24. The maximum absolute atomic E-state index is 13.6. The van der Waals surface area contributed by atoms with Crippen molar-refractivity contribution in [3.8, 4) is 0 Å². The number of ketones is 2. The van der Waals surface area contributed by atoms with Gasteiger partial charge >= 0.3 is 5.97 Å². The van der Waals surface area contributed by atoms with Crippen LogP contribution >= 0.6 is 0 Å². The lowest BCUT2D eigenvalue weighted by Gasteiger charge is -2.61. The van der Waals surface area contributed by atoms with Crippen LogP contribution in [0.5, 0.6) is 0 Å². The van der Waals surface area contributed by atoms with Gasteiger partial charge in [0.1, 0.15) is 11.9 Å². The number of Topliss-reactive ketones (excluding diaryl/α,β-unsaturated/α-hetero) is 2. The monoisotopic (exact) mass is 602 g/mol. The smallest absolute Gasteiger partial charge is 0.309 e. The normalized spacial score (nSPS) is 36.2. The van der Waals surface area contributed by atoms with Crippen molar-refractivity contribution in [2.45, 2.75) is 117 Å². The molecule has 4 fully saturated rings. The third-order valence-electron chi connectivity index (χ3n) is 13.4. The summed E-state index contributed by atoms with van der Waals surface area (Å²) >= 11 is 0. The van der Waals surface area contributed by atoms with E-state index in [0.29, 0.717) is 30.0 Å². The number of carbonyl (C=O) groups is 3. The molecule has 4 saturated carbocycles. The number of carbonyl (C=O) groups excluding carboxylic acids is 3. The molecule has 0 radical (unpaired) electrons. The minimum atomic E-state index is -0.656. The highest BCUT2D eigenvalue weighted by Crippen LogP contribution is 2.67. The summed E-state index contributed by atoms with van der Waals surface area (Å²) in [5.41, 5.74) is 8.93. The van der Waals surface area contributed by atoms with Gasteiger partial charge in [-0.15, -0.1) is 0 Å². The zero-order valence-electron chi connectivity index (χ0n) is 27.6. The highest BCUT2D eigenvalue weighted by atomic mass is 16.5. The standard InChI is InChI=1S/C38H54N2O4/c1-22(2)29(20-35(42)33(39)18-24-21-40-34-9-7-6-8-27(24)34)36(43)44-26-14-16-37(4)25(19-26)10-11-28-31-13-12-30(23(3)41)38(31,5)17-15-32(28)37/h6-9,21-22,25-26,28-33,40H,10-20,39H2,1-5H3/t25?,26?,28-,29?,30+,31?,32?,33?,37-,38+/m0/s1. The largest absolute Gasteiger partial charge is 0.462 e. The first-order valence-corrected chi connectivity index (χ1v) is 17.5. The molecular weight excluding hydrogens is 548 g/mol. The number of hydrogen-bond donors (Lipinski definition) is 2. The molecule has 2 aromatic rings. The maximum atomic E-state index is 13.6. The molecule has 6 unspecified atom stereocenters. The van der Waals surface area contributed by atoms with Crippen molar-refractivity contribution in [3.63, 3.8) is 0 Å². The van der Waals surface area contributed by atoms with E-state index in [-0.39, 0.29) is 46.9 Å². The third kappa shape index (κ3) is 5.48. The molecular formula is C38H54N2O4. The van der Waals surface area contributed by atoms with Crippen molar-refractivity contribution >= 4 is 28.4 Å². The molecule has 0 aliphatic heterocycles. The Morgan fingerprint density at radius 3 is 2.45 bits per heavy atom. The van der Waals surface area contributed by atoms with E-state index in [9.17, 15) is 14.4 Å². The van der Waals surface area contributed by atoms with E-state index in [1.165, 1.54) is 32.1 Å². The number of para-hydroxylation sites is 1. The molecule has 0 amide bonds. The second kappa shape index (κ2) is 12.0. The minimum Gasteiger partial charge on any atom is -0.462 e. The number of esters is 1. The predicted octanol–water partition coefficient (Wildman–Crippen LogP) is 7.43. The Kier molecular flexibility index (Phi) is 8.62. The zero-order chi connectivity index (χ0) is 31.4. The lowest BCUT2D eigenvalue weighted by molar-refractivity contribution is -0.169. The van der Waals surface area contributed by atoms with Crippen molar-refractivity contribution < 1.29 is 19.1 Å². The summed E-state index contributed by atoms with van der Waals surface area (Å²) in [5, 5.41) is 1.08.